The fraction of sp³-hybridized carbons (Fsp3) is 0.310. The van der Waals surface area contributed by atoms with E-state index < -0.39 is 11.7 Å². The molecule has 0 aliphatic carbocycles. The van der Waals surface area contributed by atoms with Crippen LogP contribution in [0.3, 0.4) is 0 Å². The van der Waals surface area contributed by atoms with Gasteiger partial charge in [0.05, 0.1) is 36.2 Å². The summed E-state index contributed by atoms with van der Waals surface area (Å²) in [6.45, 7) is 0.233. The molecule has 3 heterocycles. The second kappa shape index (κ2) is 11.8. The Morgan fingerprint density at radius 3 is 2.76 bits per heavy atom. The van der Waals surface area contributed by atoms with Gasteiger partial charge in [-0.2, -0.15) is 0 Å². The summed E-state index contributed by atoms with van der Waals surface area (Å²) in [6.07, 6.45) is 4.24. The predicted octanol–water partition coefficient (Wildman–Crippen LogP) is 6.29. The molecule has 0 radical (unpaired) electrons. The van der Waals surface area contributed by atoms with E-state index in [2.05, 4.69) is 15.0 Å². The summed E-state index contributed by atoms with van der Waals surface area (Å²) in [4.78, 5) is 44.0. The third kappa shape index (κ3) is 5.82. The summed E-state index contributed by atoms with van der Waals surface area (Å²) in [5.74, 6) is -3.21. The second-order valence-electron chi connectivity index (χ2n) is 9.84. The molecule has 1 aliphatic rings. The summed E-state index contributed by atoms with van der Waals surface area (Å²) in [5, 5.41) is 4.21. The van der Waals surface area contributed by atoms with Crippen molar-refractivity contribution in [2.24, 2.45) is 7.05 Å². The van der Waals surface area contributed by atoms with Crippen LogP contribution in [-0.2, 0) is 40.0 Å². The molecule has 12 heteroatoms. The van der Waals surface area contributed by atoms with Crippen molar-refractivity contribution in [1.29, 1.82) is 0 Å². The van der Waals surface area contributed by atoms with Crippen LogP contribution in [0.1, 0.15) is 45.1 Å². The van der Waals surface area contributed by atoms with Gasteiger partial charge in [0, 0.05) is 53.2 Å². The van der Waals surface area contributed by atoms with Gasteiger partial charge in [-0.25, -0.2) is 9.37 Å². The lowest BCUT2D eigenvalue weighted by molar-refractivity contribution is -0.142. The molecule has 2 aromatic heterocycles. The number of aryl methyl sites for hydroxylation is 2. The van der Waals surface area contributed by atoms with Crippen LogP contribution in [0.15, 0.2) is 48.8 Å². The molecule has 1 atom stereocenters. The summed E-state index contributed by atoms with van der Waals surface area (Å²) in [5.41, 5.74) is 2.11. The Bertz CT molecular complexity index is 1650. The number of aromatic nitrogens is 2. The molecule has 1 fully saturated rings. The maximum Gasteiger partial charge on any atom is 0.305 e. The Morgan fingerprint density at radius 2 is 1.98 bits per heavy atom. The van der Waals surface area contributed by atoms with Gasteiger partial charge in [0.2, 0.25) is 11.7 Å². The van der Waals surface area contributed by atoms with E-state index >= 15 is 4.39 Å². The van der Waals surface area contributed by atoms with E-state index in [4.69, 9.17) is 23.2 Å². The number of benzene rings is 2. The first-order chi connectivity index (χ1) is 19.6. The normalized spacial score (nSPS) is 16.8. The van der Waals surface area contributed by atoms with Crippen molar-refractivity contribution >= 4 is 68.9 Å². The van der Waals surface area contributed by atoms with Crippen LogP contribution in [-0.4, -0.2) is 45.9 Å². The van der Waals surface area contributed by atoms with Crippen LogP contribution in [0.5, 0.6) is 0 Å². The van der Waals surface area contributed by atoms with Crippen LogP contribution < -0.4 is 5.32 Å². The molecule has 2 aromatic carbocycles. The predicted molar refractivity (Wildman–Crippen MR) is 157 cm³/mol. The van der Waals surface area contributed by atoms with Crippen molar-refractivity contribution in [2.45, 2.75) is 37.9 Å². The molecule has 41 heavy (non-hydrogen) atoms. The fourth-order valence-electron chi connectivity index (χ4n) is 5.05. The van der Waals surface area contributed by atoms with Gasteiger partial charge in [0.1, 0.15) is 0 Å². The molecular formula is C29H27Cl2FN4O4S. The highest BCUT2D eigenvalue weighted by molar-refractivity contribution is 7.11. The topological polar surface area (TPSA) is 93.5 Å². The molecule has 5 rings (SSSR count). The molecule has 8 nitrogen and oxygen atoms in total. The number of rotatable bonds is 8. The molecule has 0 spiro atoms. The first-order valence-electron chi connectivity index (χ1n) is 13.0. The maximum absolute atomic E-state index is 16.3. The zero-order chi connectivity index (χ0) is 29.3. The standard InChI is InChI=1S/C29H27Cl2FN4O4S/c1-35-16-20(19-6-3-4-7-24(19)35)27(39)34-23-14-21(30)17(12-22(23)31)13-25(37)36-11-5-10-29(36,32)28-33-15-18(41-28)8-9-26(38)40-2/h3-4,6-7,12,14-16H,5,8-11,13H2,1-2H3,(H,34,39)/t29-/m1/s1. The van der Waals surface area contributed by atoms with Crippen LogP contribution in [0.25, 0.3) is 10.9 Å². The summed E-state index contributed by atoms with van der Waals surface area (Å²) < 4.78 is 22.8. The quantitative estimate of drug-likeness (QED) is 0.185. The zero-order valence-corrected chi connectivity index (χ0v) is 24.7. The van der Waals surface area contributed by atoms with E-state index in [9.17, 15) is 14.4 Å². The van der Waals surface area contributed by atoms with Gasteiger partial charge in [0.25, 0.3) is 5.91 Å². The molecule has 2 amide bonds. The van der Waals surface area contributed by atoms with E-state index in [0.717, 1.165) is 27.1 Å². The number of hydrogen-bond donors (Lipinski definition) is 1. The molecule has 1 saturated heterocycles. The van der Waals surface area contributed by atoms with Gasteiger partial charge < -0.3 is 19.5 Å². The van der Waals surface area contributed by atoms with E-state index in [1.54, 1.807) is 6.20 Å². The number of para-hydroxylation sites is 1. The van der Waals surface area contributed by atoms with Crippen molar-refractivity contribution < 1.29 is 23.5 Å². The lowest BCUT2D eigenvalue weighted by Crippen LogP contribution is -2.42. The summed E-state index contributed by atoms with van der Waals surface area (Å²) in [6, 6.07) is 10.6. The van der Waals surface area contributed by atoms with Gasteiger partial charge in [-0.3, -0.25) is 14.4 Å². The minimum atomic E-state index is -2.05. The fourth-order valence-corrected chi connectivity index (χ4v) is 6.54. The number of amides is 2. The van der Waals surface area contributed by atoms with Crippen molar-refractivity contribution in [3.05, 3.63) is 79.8 Å². The third-order valence-corrected chi connectivity index (χ3v) is 9.02. The lowest BCUT2D eigenvalue weighted by atomic mass is 10.1. The molecule has 214 valence electrons. The Labute approximate surface area is 250 Å². The van der Waals surface area contributed by atoms with Gasteiger partial charge >= 0.3 is 5.97 Å². The number of methoxy groups -OCH3 is 1. The number of thiazole rings is 1. The number of carbonyl (C=O) groups excluding carboxylic acids is 3. The Balaban J connectivity index is 1.30. The Morgan fingerprint density at radius 1 is 1.20 bits per heavy atom. The SMILES string of the molecule is COC(=O)CCc1cnc([C@@]2(F)CCCN2C(=O)Cc2cc(Cl)c(NC(=O)c3cn(C)c4ccccc34)cc2Cl)s1. The Kier molecular flexibility index (Phi) is 8.35. The van der Waals surface area contributed by atoms with Crippen molar-refractivity contribution in [2.75, 3.05) is 19.0 Å². The molecule has 0 unspecified atom stereocenters. The number of carbonyl (C=O) groups is 3. The van der Waals surface area contributed by atoms with Crippen molar-refractivity contribution in [3.8, 4) is 0 Å². The van der Waals surface area contributed by atoms with Crippen molar-refractivity contribution in [1.82, 2.24) is 14.5 Å². The molecule has 1 aliphatic heterocycles. The number of likely N-dealkylation sites (tertiary alicyclic amines) is 1. The number of fused-ring (bicyclic) bond motifs is 1. The molecule has 4 aromatic rings. The number of hydrogen-bond acceptors (Lipinski definition) is 6. The highest BCUT2D eigenvalue weighted by Crippen LogP contribution is 2.43. The number of ether oxygens (including phenoxy) is 1. The number of esters is 1. The molecule has 0 bridgehead atoms. The van der Waals surface area contributed by atoms with E-state index in [1.807, 2.05) is 35.9 Å². The average molecular weight is 618 g/mol. The number of nitrogens with zero attached hydrogens (tertiary/aromatic N) is 3. The summed E-state index contributed by atoms with van der Waals surface area (Å²) >= 11 is 14.2. The minimum Gasteiger partial charge on any atom is -0.469 e. The number of anilines is 1. The molecule has 0 saturated carbocycles. The monoisotopic (exact) mass is 616 g/mol. The first kappa shape index (κ1) is 29.0. The van der Waals surface area contributed by atoms with E-state index in [1.165, 1.54) is 30.3 Å². The van der Waals surface area contributed by atoms with Gasteiger partial charge in [-0.15, -0.1) is 11.3 Å². The number of nitrogens with one attached hydrogen (secondary N) is 1. The molecule has 1 N–H and O–H groups in total. The highest BCUT2D eigenvalue weighted by atomic mass is 35.5. The van der Waals surface area contributed by atoms with Gasteiger partial charge in [-0.05, 0) is 36.6 Å². The van der Waals surface area contributed by atoms with E-state index in [-0.39, 0.29) is 52.7 Å². The van der Waals surface area contributed by atoms with Crippen LogP contribution in [0.4, 0.5) is 10.1 Å². The average Bonchev–Trinajstić information content (AvgIpc) is 3.68. The molecular weight excluding hydrogens is 590 g/mol. The second-order valence-corrected chi connectivity index (χ2v) is 11.8. The van der Waals surface area contributed by atoms with Crippen molar-refractivity contribution in [3.63, 3.8) is 0 Å². The smallest absolute Gasteiger partial charge is 0.305 e. The third-order valence-electron chi connectivity index (χ3n) is 7.17. The first-order valence-corrected chi connectivity index (χ1v) is 14.5. The minimum absolute atomic E-state index is 0.121. The summed E-state index contributed by atoms with van der Waals surface area (Å²) in [7, 11) is 3.17. The lowest BCUT2D eigenvalue weighted by Gasteiger charge is -2.29. The van der Waals surface area contributed by atoms with Gasteiger partial charge in [0.15, 0.2) is 5.01 Å². The number of halogens is 3. The van der Waals surface area contributed by atoms with Gasteiger partial charge in [-0.1, -0.05) is 41.4 Å². The van der Waals surface area contributed by atoms with E-state index in [0.29, 0.717) is 29.7 Å². The Hall–Kier alpha value is -3.47. The zero-order valence-electron chi connectivity index (χ0n) is 22.4. The largest absolute Gasteiger partial charge is 0.469 e. The van der Waals surface area contributed by atoms with Crippen LogP contribution in [0.2, 0.25) is 10.0 Å². The maximum atomic E-state index is 16.3. The highest BCUT2D eigenvalue weighted by Gasteiger charge is 2.47. The van der Waals surface area contributed by atoms with Crippen LogP contribution in [0, 0.1) is 0 Å². The number of alkyl halides is 1. The van der Waals surface area contributed by atoms with Crippen LogP contribution >= 0.6 is 34.5 Å².